The second-order valence-electron chi connectivity index (χ2n) is 9.19. The molecule has 202 valence electrons. The van der Waals surface area contributed by atoms with E-state index < -0.39 is 11.1 Å². The normalized spacial score (nSPS) is 16.7. The number of carbonyl (C=O) groups excluding carboxylic acids is 3. The van der Waals surface area contributed by atoms with Gasteiger partial charge in [-0.15, -0.1) is 0 Å². The van der Waals surface area contributed by atoms with Crippen molar-refractivity contribution in [2.45, 2.75) is 13.8 Å². The van der Waals surface area contributed by atoms with Gasteiger partial charge in [0.2, 0.25) is 5.91 Å². The molecule has 10 heteroatoms. The van der Waals surface area contributed by atoms with Gasteiger partial charge in [0.15, 0.2) is 0 Å². The number of amides is 3. The van der Waals surface area contributed by atoms with Gasteiger partial charge in [-0.25, -0.2) is 0 Å². The molecule has 2 saturated heterocycles. The molecule has 3 heterocycles. The van der Waals surface area contributed by atoms with Gasteiger partial charge in [-0.2, -0.15) is 0 Å². The van der Waals surface area contributed by atoms with Crippen LogP contribution in [0.25, 0.3) is 11.8 Å². The van der Waals surface area contributed by atoms with E-state index in [-0.39, 0.29) is 12.5 Å². The van der Waals surface area contributed by atoms with Gasteiger partial charge in [-0.1, -0.05) is 0 Å². The fraction of sp³-hybridized carbons (Fsp3) is 0.276. The second-order valence-corrected chi connectivity index (χ2v) is 10.2. The number of nitrogens with zero attached hydrogens (tertiary/aromatic N) is 3. The van der Waals surface area contributed by atoms with Gasteiger partial charge in [-0.05, 0) is 91.8 Å². The first kappa shape index (κ1) is 26.6. The van der Waals surface area contributed by atoms with Crippen LogP contribution in [0.3, 0.4) is 0 Å². The minimum absolute atomic E-state index is 0.251. The van der Waals surface area contributed by atoms with Crippen LogP contribution >= 0.6 is 11.8 Å². The van der Waals surface area contributed by atoms with E-state index in [1.807, 2.05) is 68.4 Å². The van der Waals surface area contributed by atoms with E-state index in [2.05, 4.69) is 4.57 Å². The number of morpholine rings is 1. The zero-order chi connectivity index (χ0) is 27.5. The summed E-state index contributed by atoms with van der Waals surface area (Å²) in [7, 11) is 1.62. The highest BCUT2D eigenvalue weighted by atomic mass is 32.2. The van der Waals surface area contributed by atoms with Crippen LogP contribution in [0.15, 0.2) is 59.5 Å². The zero-order valence-electron chi connectivity index (χ0n) is 22.0. The number of carbonyl (C=O) groups is 3. The van der Waals surface area contributed by atoms with Gasteiger partial charge in [0, 0.05) is 30.2 Å². The van der Waals surface area contributed by atoms with Crippen LogP contribution in [0.5, 0.6) is 17.2 Å². The third-order valence-corrected chi connectivity index (χ3v) is 7.59. The molecule has 0 unspecified atom stereocenters. The Morgan fingerprint density at radius 2 is 1.59 bits per heavy atom. The number of aryl methyl sites for hydroxylation is 1. The number of hydrogen-bond donors (Lipinski definition) is 0. The molecular weight excluding hydrogens is 518 g/mol. The van der Waals surface area contributed by atoms with E-state index in [0.29, 0.717) is 42.7 Å². The average Bonchev–Trinajstić information content (AvgIpc) is 3.38. The molecule has 39 heavy (non-hydrogen) atoms. The highest BCUT2D eigenvalue weighted by Gasteiger charge is 2.37. The lowest BCUT2D eigenvalue weighted by Crippen LogP contribution is -2.46. The zero-order valence-corrected chi connectivity index (χ0v) is 22.8. The maximum atomic E-state index is 13.0. The largest absolute Gasteiger partial charge is 0.497 e. The first-order chi connectivity index (χ1) is 18.8. The van der Waals surface area contributed by atoms with Crippen molar-refractivity contribution in [1.82, 2.24) is 14.4 Å². The van der Waals surface area contributed by atoms with Crippen molar-refractivity contribution in [2.24, 2.45) is 0 Å². The van der Waals surface area contributed by atoms with Crippen LogP contribution in [-0.4, -0.2) is 71.4 Å². The Morgan fingerprint density at radius 1 is 0.974 bits per heavy atom. The van der Waals surface area contributed by atoms with Crippen molar-refractivity contribution in [3.8, 4) is 22.9 Å². The molecule has 2 fully saturated rings. The minimum atomic E-state index is -0.448. The molecule has 2 aliphatic rings. The Kier molecular flexibility index (Phi) is 7.76. The SMILES string of the molecule is COc1ccc(Oc2ccc(-n3c(C)cc(/C=C4\SC(=O)N(CC(=O)N5CCOCC5)C4=O)c3C)cc2)cc1. The molecule has 0 atom stereocenters. The van der Waals surface area contributed by atoms with Crippen molar-refractivity contribution in [3.05, 3.63) is 76.5 Å². The van der Waals surface area contributed by atoms with E-state index in [1.54, 1.807) is 18.1 Å². The van der Waals surface area contributed by atoms with Crippen LogP contribution in [0.4, 0.5) is 4.79 Å². The lowest BCUT2D eigenvalue weighted by molar-refractivity contribution is -0.139. The molecule has 0 radical (unpaired) electrons. The predicted molar refractivity (Wildman–Crippen MR) is 148 cm³/mol. The number of ether oxygens (including phenoxy) is 3. The molecule has 0 bridgehead atoms. The molecule has 0 aliphatic carbocycles. The molecule has 0 spiro atoms. The third kappa shape index (κ3) is 5.71. The number of methoxy groups -OCH3 is 1. The highest BCUT2D eigenvalue weighted by Crippen LogP contribution is 2.34. The van der Waals surface area contributed by atoms with Crippen molar-refractivity contribution in [3.63, 3.8) is 0 Å². The van der Waals surface area contributed by atoms with Gasteiger partial charge < -0.3 is 23.7 Å². The second kappa shape index (κ2) is 11.4. The van der Waals surface area contributed by atoms with Crippen molar-refractivity contribution < 1.29 is 28.6 Å². The Balaban J connectivity index is 1.30. The predicted octanol–water partition coefficient (Wildman–Crippen LogP) is 4.79. The Morgan fingerprint density at radius 3 is 2.23 bits per heavy atom. The number of hydrogen-bond acceptors (Lipinski definition) is 7. The van der Waals surface area contributed by atoms with Crippen molar-refractivity contribution in [2.75, 3.05) is 40.0 Å². The smallest absolute Gasteiger partial charge is 0.294 e. The summed E-state index contributed by atoms with van der Waals surface area (Å²) in [5, 5.41) is -0.436. The van der Waals surface area contributed by atoms with E-state index in [4.69, 9.17) is 14.2 Å². The van der Waals surface area contributed by atoms with Gasteiger partial charge in [0.1, 0.15) is 23.8 Å². The number of benzene rings is 2. The summed E-state index contributed by atoms with van der Waals surface area (Å²) < 4.78 is 18.5. The molecule has 5 rings (SSSR count). The van der Waals surface area contributed by atoms with Gasteiger partial charge >= 0.3 is 0 Å². The molecule has 9 nitrogen and oxygen atoms in total. The number of thioether (sulfide) groups is 1. The van der Waals surface area contributed by atoms with Crippen LogP contribution < -0.4 is 9.47 Å². The summed E-state index contributed by atoms with van der Waals surface area (Å²) in [5.74, 6) is 1.47. The van der Waals surface area contributed by atoms with Gasteiger partial charge in [0.25, 0.3) is 11.1 Å². The number of aromatic nitrogens is 1. The fourth-order valence-corrected chi connectivity index (χ4v) is 5.43. The van der Waals surface area contributed by atoms with E-state index in [9.17, 15) is 14.4 Å². The summed E-state index contributed by atoms with van der Waals surface area (Å²) >= 11 is 0.859. The van der Waals surface area contributed by atoms with E-state index >= 15 is 0 Å². The monoisotopic (exact) mass is 547 g/mol. The Labute approximate surface area is 230 Å². The topological polar surface area (TPSA) is 90.3 Å². The maximum Gasteiger partial charge on any atom is 0.294 e. The first-order valence-electron chi connectivity index (χ1n) is 12.6. The summed E-state index contributed by atoms with van der Waals surface area (Å²) in [4.78, 5) is 41.2. The van der Waals surface area contributed by atoms with Gasteiger partial charge in [-0.3, -0.25) is 19.3 Å². The van der Waals surface area contributed by atoms with E-state index in [1.165, 1.54) is 0 Å². The summed E-state index contributed by atoms with van der Waals surface area (Å²) in [6.07, 6.45) is 1.73. The molecule has 1 aromatic heterocycles. The summed E-state index contributed by atoms with van der Waals surface area (Å²) in [6.45, 7) is 5.54. The number of rotatable bonds is 7. The summed E-state index contributed by atoms with van der Waals surface area (Å²) in [6, 6.07) is 17.1. The first-order valence-corrected chi connectivity index (χ1v) is 13.4. The molecule has 2 aromatic carbocycles. The molecule has 2 aliphatic heterocycles. The summed E-state index contributed by atoms with van der Waals surface area (Å²) in [5.41, 5.74) is 3.67. The van der Waals surface area contributed by atoms with Crippen LogP contribution in [-0.2, 0) is 14.3 Å². The van der Waals surface area contributed by atoms with Crippen LogP contribution in [0, 0.1) is 13.8 Å². The lowest BCUT2D eigenvalue weighted by Gasteiger charge is -2.28. The van der Waals surface area contributed by atoms with Crippen LogP contribution in [0.2, 0.25) is 0 Å². The third-order valence-electron chi connectivity index (χ3n) is 6.68. The van der Waals surface area contributed by atoms with Crippen molar-refractivity contribution >= 4 is 34.9 Å². The molecule has 0 saturated carbocycles. The highest BCUT2D eigenvalue weighted by molar-refractivity contribution is 8.18. The molecule has 0 N–H and O–H groups in total. The van der Waals surface area contributed by atoms with Crippen molar-refractivity contribution in [1.29, 1.82) is 0 Å². The standard InChI is InChI=1S/C29H29N3O6S/c1-19-16-21(17-26-28(34)31(29(35)39-26)18-27(33)30-12-14-37-15-13-30)20(2)32(19)22-4-6-24(7-5-22)38-25-10-8-23(36-3)9-11-25/h4-11,16-17H,12-15,18H2,1-3H3/b26-17-. The Hall–Kier alpha value is -4.02. The fourth-order valence-electron chi connectivity index (χ4n) is 4.60. The maximum absolute atomic E-state index is 13.0. The molecular formula is C29H29N3O6S. The molecule has 3 amide bonds. The van der Waals surface area contributed by atoms with E-state index in [0.717, 1.165) is 45.1 Å². The Bertz CT molecular complexity index is 1420. The lowest BCUT2D eigenvalue weighted by atomic mass is 10.2. The van der Waals surface area contributed by atoms with Gasteiger partial charge in [0.05, 0.1) is 25.2 Å². The average molecular weight is 548 g/mol. The minimum Gasteiger partial charge on any atom is -0.497 e. The molecule has 3 aromatic rings. The number of imide groups is 1. The quantitative estimate of drug-likeness (QED) is 0.393. The van der Waals surface area contributed by atoms with Crippen LogP contribution in [0.1, 0.15) is 17.0 Å².